The van der Waals surface area contributed by atoms with Crippen LogP contribution in [0.1, 0.15) is 173 Å². The number of aliphatic hydroxyl groups excluding tert-OH is 1. The average Bonchev–Trinajstić information content (AvgIpc) is 1.86. The molecule has 13 amide bonds. The lowest BCUT2D eigenvalue weighted by Crippen LogP contribution is -2.49. The number of carboxylic acid groups (broad SMARTS) is 1. The van der Waals surface area contributed by atoms with Crippen LogP contribution in [-0.4, -0.2) is 322 Å². The van der Waals surface area contributed by atoms with E-state index in [-0.39, 0.29) is 325 Å². The van der Waals surface area contributed by atoms with E-state index in [0.717, 1.165) is 0 Å². The number of hydrogen-bond acceptors (Lipinski definition) is 15. The van der Waals surface area contributed by atoms with E-state index in [1.165, 1.54) is 9.80 Å². The van der Waals surface area contributed by atoms with Crippen molar-refractivity contribution in [1.29, 1.82) is 0 Å². The summed E-state index contributed by atoms with van der Waals surface area (Å²) in [6.45, 7) is 23.4. The third-order valence-electron chi connectivity index (χ3n) is 16.5. The van der Waals surface area contributed by atoms with Crippen molar-refractivity contribution < 1.29 is 77.3 Å². The molecule has 0 unspecified atom stereocenters. The lowest BCUT2D eigenvalue weighted by molar-refractivity contribution is -0.141. The molecule has 29 nitrogen and oxygen atoms in total. The highest BCUT2D eigenvalue weighted by molar-refractivity contribution is 5.83. The molecule has 0 aromatic rings. The van der Waals surface area contributed by atoms with Crippen molar-refractivity contribution in [3.8, 4) is 0 Å². The summed E-state index contributed by atoms with van der Waals surface area (Å²) in [7, 11) is 0. The second kappa shape index (κ2) is 50.9. The zero-order valence-corrected chi connectivity index (χ0v) is 59.8. The number of amides is 13. The van der Waals surface area contributed by atoms with E-state index in [4.69, 9.17) is 5.11 Å². The molecule has 29 heteroatoms. The highest BCUT2D eigenvalue weighted by Gasteiger charge is 2.27. The highest BCUT2D eigenvalue weighted by Crippen LogP contribution is 2.10. The molecular weight excluding hydrogens is 1230 g/mol. The Morgan fingerprint density at radius 1 is 0.221 bits per heavy atom. The minimum Gasteiger partial charge on any atom is -0.481 e. The maximum Gasteiger partial charge on any atom is 0.303 e. The predicted molar refractivity (Wildman–Crippen MR) is 359 cm³/mol. The first kappa shape index (κ1) is 87.5. The Labute approximate surface area is 565 Å². The van der Waals surface area contributed by atoms with Gasteiger partial charge in [-0.2, -0.15) is 0 Å². The normalized spacial score (nSPS) is 10.8. The molecule has 0 aliphatic rings. The fourth-order valence-corrected chi connectivity index (χ4v) is 10.4. The zero-order chi connectivity index (χ0) is 72.0. The van der Waals surface area contributed by atoms with E-state index in [1.807, 2.05) is 0 Å². The first-order valence-electron chi connectivity index (χ1n) is 34.7. The molecule has 0 rings (SSSR count). The van der Waals surface area contributed by atoms with Crippen LogP contribution in [0.3, 0.4) is 0 Å². The van der Waals surface area contributed by atoms with Gasteiger partial charge in [0, 0.05) is 247 Å². The Balaban J connectivity index is 6.30. The van der Waals surface area contributed by atoms with Crippen LogP contribution in [0.4, 0.5) is 0 Å². The molecule has 0 aliphatic heterocycles. The monoisotopic (exact) mass is 1350 g/mol. The Morgan fingerprint density at radius 2 is 0.379 bits per heavy atom. The van der Waals surface area contributed by atoms with E-state index in [2.05, 4.69) is 5.32 Å². The summed E-state index contributed by atoms with van der Waals surface area (Å²) >= 11 is 0. The van der Waals surface area contributed by atoms with Crippen LogP contribution < -0.4 is 5.32 Å². The smallest absolute Gasteiger partial charge is 0.303 e. The number of aliphatic hydroxyl groups is 1. The lowest BCUT2D eigenvalue weighted by atomic mass is 10.2. The second-order valence-corrected chi connectivity index (χ2v) is 22.8. The number of hydrogen-bond donors (Lipinski definition) is 3. The maximum absolute atomic E-state index is 13.6. The van der Waals surface area contributed by atoms with Gasteiger partial charge < -0.3 is 74.3 Å². The van der Waals surface area contributed by atoms with Gasteiger partial charge in [0.1, 0.15) is 0 Å². The largest absolute Gasteiger partial charge is 0.481 e. The van der Waals surface area contributed by atoms with Crippen molar-refractivity contribution in [2.24, 2.45) is 0 Å². The summed E-state index contributed by atoms with van der Waals surface area (Å²) in [5.74, 6) is -4.00. The highest BCUT2D eigenvalue weighted by atomic mass is 16.4. The summed E-state index contributed by atoms with van der Waals surface area (Å²) in [4.78, 5) is 202. The van der Waals surface area contributed by atoms with Gasteiger partial charge in [-0.25, -0.2) is 0 Å². The fraction of sp³-hybridized carbons (Fsp3) is 0.788. The van der Waals surface area contributed by atoms with Gasteiger partial charge >= 0.3 is 5.97 Å². The Morgan fingerprint density at radius 3 is 0.516 bits per heavy atom. The van der Waals surface area contributed by atoms with Crippen molar-refractivity contribution in [2.45, 2.75) is 173 Å². The molecule has 0 atom stereocenters. The average molecular weight is 1350 g/mol. The zero-order valence-electron chi connectivity index (χ0n) is 59.8. The number of nitrogens with one attached hydrogen (secondary N) is 1. The van der Waals surface area contributed by atoms with Crippen molar-refractivity contribution in [2.75, 3.05) is 170 Å². The Hall–Kier alpha value is -7.46. The van der Waals surface area contributed by atoms with Gasteiger partial charge in [-0.05, 0) is 0 Å². The van der Waals surface area contributed by atoms with Crippen LogP contribution in [0.2, 0.25) is 0 Å². The molecule has 0 heterocycles. The molecule has 544 valence electrons. The molecule has 0 fully saturated rings. The third-order valence-corrected chi connectivity index (χ3v) is 16.5. The molecule has 0 saturated carbocycles. The van der Waals surface area contributed by atoms with Crippen molar-refractivity contribution >= 4 is 82.8 Å². The van der Waals surface area contributed by atoms with E-state index in [9.17, 15) is 72.2 Å². The summed E-state index contributed by atoms with van der Waals surface area (Å²) in [6.07, 6.45) is 1.37. The summed E-state index contributed by atoms with van der Waals surface area (Å²) in [5.41, 5.74) is 0. The molecular formula is C66H119N13O16. The molecule has 0 aromatic heterocycles. The van der Waals surface area contributed by atoms with Crippen LogP contribution in [0.5, 0.6) is 0 Å². The number of rotatable bonds is 53. The Kier molecular flexibility index (Phi) is 46.9. The van der Waals surface area contributed by atoms with E-state index in [1.54, 1.807) is 132 Å². The molecule has 0 bridgehead atoms. The number of carbonyl (C=O) groups excluding carboxylic acids is 13. The van der Waals surface area contributed by atoms with Gasteiger partial charge in [-0.1, -0.05) is 83.1 Å². The molecule has 95 heavy (non-hydrogen) atoms. The summed E-state index contributed by atoms with van der Waals surface area (Å²) < 4.78 is 0. The second-order valence-electron chi connectivity index (χ2n) is 22.8. The summed E-state index contributed by atoms with van der Waals surface area (Å²) in [5, 5.41) is 21.4. The molecule has 0 aromatic carbocycles. The van der Waals surface area contributed by atoms with Crippen LogP contribution >= 0.6 is 0 Å². The van der Waals surface area contributed by atoms with Crippen LogP contribution in [0.15, 0.2) is 0 Å². The minimum absolute atomic E-state index is 0.0352. The minimum atomic E-state index is -1.14. The SMILES string of the molecule is CCC(=O)NCCN(CCN(CCN(CCN(CCN(CCN(CCN(CCN(CCN(CCN(CCN(CCN(CCO)C(=O)CCC(=O)O)C(=O)CC)C(=O)CC)C(=O)CC)C(=O)CC)C(=O)CC)C(=O)CC)C(=O)CC)C(=O)CC)C(=O)CC)C(=O)CC)C(=O)CC. The van der Waals surface area contributed by atoms with Gasteiger partial charge in [-0.3, -0.25) is 67.1 Å². The lowest BCUT2D eigenvalue weighted by Gasteiger charge is -2.34. The fourth-order valence-electron chi connectivity index (χ4n) is 10.4. The van der Waals surface area contributed by atoms with Crippen molar-refractivity contribution in [1.82, 2.24) is 64.1 Å². The van der Waals surface area contributed by atoms with Crippen molar-refractivity contribution in [3.05, 3.63) is 0 Å². The molecule has 0 radical (unpaired) electrons. The van der Waals surface area contributed by atoms with Gasteiger partial charge in [0.05, 0.1) is 13.0 Å². The maximum atomic E-state index is 13.6. The predicted octanol–water partition coefficient (Wildman–Crippen LogP) is 1.82. The van der Waals surface area contributed by atoms with Gasteiger partial charge in [0.15, 0.2) is 0 Å². The van der Waals surface area contributed by atoms with Crippen LogP contribution in [0, 0.1) is 0 Å². The van der Waals surface area contributed by atoms with E-state index in [0.29, 0.717) is 6.42 Å². The number of carboxylic acids is 1. The van der Waals surface area contributed by atoms with E-state index < -0.39 is 11.9 Å². The molecule has 0 spiro atoms. The molecule has 0 aliphatic carbocycles. The van der Waals surface area contributed by atoms with Crippen molar-refractivity contribution in [3.63, 3.8) is 0 Å². The van der Waals surface area contributed by atoms with Gasteiger partial charge in [0.2, 0.25) is 76.8 Å². The number of aliphatic carboxylic acids is 1. The topological polar surface area (TPSA) is 330 Å². The third kappa shape index (κ3) is 34.7. The van der Waals surface area contributed by atoms with Crippen LogP contribution in [-0.2, 0) is 67.1 Å². The Bertz CT molecular complexity index is 2420. The number of carbonyl (C=O) groups is 14. The first-order chi connectivity index (χ1) is 45.3. The molecule has 0 saturated heterocycles. The number of nitrogens with zero attached hydrogens (tertiary/aromatic N) is 12. The summed E-state index contributed by atoms with van der Waals surface area (Å²) in [6, 6.07) is 0. The van der Waals surface area contributed by atoms with Gasteiger partial charge in [-0.15, -0.1) is 0 Å². The standard InChI is InChI=1S/C66H119N13O16/c1-13-53(81)67-27-28-68(54(82)14-2)29-30-69(55(83)15-3)31-32-70(56(84)16-4)33-34-71(57(85)17-5)35-36-72(58(86)18-6)37-38-73(59(87)19-7)39-40-74(60(88)20-8)41-42-75(61(89)21-9)43-44-76(62(90)22-10)45-46-77(63(91)23-11)47-48-78(64(92)24-12)49-50-79(51-52-80)65(93)25-26-66(94)95/h80H,13-52H2,1-12H3,(H,67,81)(H,94,95). The quantitative estimate of drug-likeness (QED) is 0.0782. The van der Waals surface area contributed by atoms with Crippen LogP contribution in [0.25, 0.3) is 0 Å². The van der Waals surface area contributed by atoms with E-state index >= 15 is 0 Å². The molecule has 3 N–H and O–H groups in total. The van der Waals surface area contributed by atoms with Gasteiger partial charge in [0.25, 0.3) is 0 Å². The first-order valence-corrected chi connectivity index (χ1v) is 34.7.